The molecule has 0 fully saturated rings. The monoisotopic (exact) mass is 398 g/mol. The molecule has 0 radical (unpaired) electrons. The summed E-state index contributed by atoms with van der Waals surface area (Å²) in [6, 6.07) is 12.4. The second-order valence-corrected chi connectivity index (χ2v) is 7.17. The highest BCUT2D eigenvalue weighted by Crippen LogP contribution is 2.23. The molecule has 1 aromatic heterocycles. The SMILES string of the molecule is C=CS/C=C(\C)c1nc2ccc(NC(=O)N(C)c3cccc(Cl)c3)cc2[nH]1. The lowest BCUT2D eigenvalue weighted by Crippen LogP contribution is -2.31. The van der Waals surface area contributed by atoms with Crippen molar-refractivity contribution in [3.8, 4) is 0 Å². The van der Waals surface area contributed by atoms with Crippen LogP contribution in [0.4, 0.5) is 16.2 Å². The smallest absolute Gasteiger partial charge is 0.326 e. The molecule has 138 valence electrons. The molecular weight excluding hydrogens is 380 g/mol. The summed E-state index contributed by atoms with van der Waals surface area (Å²) >= 11 is 7.50. The van der Waals surface area contributed by atoms with Gasteiger partial charge in [0.1, 0.15) is 5.82 Å². The van der Waals surface area contributed by atoms with Crippen LogP contribution in [0.5, 0.6) is 0 Å². The number of nitrogens with one attached hydrogen (secondary N) is 2. The van der Waals surface area contributed by atoms with Crippen molar-refractivity contribution < 1.29 is 4.79 Å². The van der Waals surface area contributed by atoms with Gasteiger partial charge in [0.05, 0.1) is 11.0 Å². The van der Waals surface area contributed by atoms with Gasteiger partial charge in [0.15, 0.2) is 0 Å². The van der Waals surface area contributed by atoms with E-state index in [9.17, 15) is 4.79 Å². The minimum Gasteiger partial charge on any atom is -0.338 e. The average Bonchev–Trinajstić information content (AvgIpc) is 3.09. The van der Waals surface area contributed by atoms with Crippen molar-refractivity contribution in [2.45, 2.75) is 6.92 Å². The molecule has 2 N–H and O–H groups in total. The number of rotatable bonds is 5. The van der Waals surface area contributed by atoms with Crippen LogP contribution in [0.3, 0.4) is 0 Å². The summed E-state index contributed by atoms with van der Waals surface area (Å²) in [6.45, 7) is 5.67. The Morgan fingerprint density at radius 3 is 2.89 bits per heavy atom. The lowest BCUT2D eigenvalue weighted by molar-refractivity contribution is 0.258. The predicted octanol–water partition coefficient (Wildman–Crippen LogP) is 6.12. The number of thioether (sulfide) groups is 1. The standard InChI is InChI=1S/C20H19ClN4OS/c1-4-27-12-13(2)19-23-17-9-8-15(11-18(17)24-19)22-20(26)25(3)16-7-5-6-14(21)10-16/h4-12H,1H2,2-3H3,(H,22,26)(H,23,24)/b13-12+. The molecule has 0 atom stereocenters. The van der Waals surface area contributed by atoms with E-state index in [1.54, 1.807) is 30.7 Å². The van der Waals surface area contributed by atoms with Gasteiger partial charge in [0.2, 0.25) is 0 Å². The normalized spacial score (nSPS) is 11.4. The number of imidazole rings is 1. The molecule has 0 aliphatic heterocycles. The zero-order valence-electron chi connectivity index (χ0n) is 15.0. The Bertz CT molecular complexity index is 1030. The fourth-order valence-electron chi connectivity index (χ4n) is 2.49. The van der Waals surface area contributed by atoms with Crippen LogP contribution in [-0.2, 0) is 0 Å². The highest BCUT2D eigenvalue weighted by Gasteiger charge is 2.12. The largest absolute Gasteiger partial charge is 0.338 e. The van der Waals surface area contributed by atoms with Crippen LogP contribution < -0.4 is 10.2 Å². The summed E-state index contributed by atoms with van der Waals surface area (Å²) in [5.74, 6) is 0.791. The van der Waals surface area contributed by atoms with Crippen LogP contribution in [0.2, 0.25) is 5.02 Å². The highest BCUT2D eigenvalue weighted by atomic mass is 35.5. The Kier molecular flexibility index (Phi) is 5.88. The van der Waals surface area contributed by atoms with Crippen LogP contribution in [0, 0.1) is 0 Å². The first-order valence-corrected chi connectivity index (χ1v) is 9.53. The average molecular weight is 399 g/mol. The molecule has 0 spiro atoms. The topological polar surface area (TPSA) is 61.0 Å². The third kappa shape index (κ3) is 4.53. The van der Waals surface area contributed by atoms with Crippen LogP contribution in [0.1, 0.15) is 12.7 Å². The first-order chi connectivity index (χ1) is 13.0. The Morgan fingerprint density at radius 1 is 1.33 bits per heavy atom. The van der Waals surface area contributed by atoms with Crippen LogP contribution >= 0.6 is 23.4 Å². The summed E-state index contributed by atoms with van der Waals surface area (Å²) in [5.41, 5.74) is 4.10. The van der Waals surface area contributed by atoms with Crippen molar-refractivity contribution in [3.63, 3.8) is 0 Å². The lowest BCUT2D eigenvalue weighted by atomic mass is 10.2. The molecule has 7 heteroatoms. The van der Waals surface area contributed by atoms with Gasteiger partial charge in [-0.1, -0.05) is 24.2 Å². The van der Waals surface area contributed by atoms with Crippen molar-refractivity contribution in [2.75, 3.05) is 17.3 Å². The summed E-state index contributed by atoms with van der Waals surface area (Å²) in [5, 5.41) is 7.21. The molecule has 0 saturated carbocycles. The molecule has 3 aromatic rings. The number of halogens is 1. The Morgan fingerprint density at radius 2 is 2.15 bits per heavy atom. The fraction of sp³-hybridized carbons (Fsp3) is 0.100. The number of nitrogens with zero attached hydrogens (tertiary/aromatic N) is 2. The number of aromatic amines is 1. The number of carbonyl (C=O) groups is 1. The first kappa shape index (κ1) is 19.1. The van der Waals surface area contributed by atoms with Crippen molar-refractivity contribution >= 4 is 57.4 Å². The van der Waals surface area contributed by atoms with Gasteiger partial charge in [-0.2, -0.15) is 0 Å². The van der Waals surface area contributed by atoms with Gasteiger partial charge in [-0.05, 0) is 59.7 Å². The van der Waals surface area contributed by atoms with Crippen LogP contribution in [0.15, 0.2) is 59.9 Å². The number of H-pyrrole nitrogens is 1. The highest BCUT2D eigenvalue weighted by molar-refractivity contribution is 8.05. The molecule has 0 saturated heterocycles. The Hall–Kier alpha value is -2.70. The minimum absolute atomic E-state index is 0.255. The maximum atomic E-state index is 12.5. The van der Waals surface area contributed by atoms with Gasteiger partial charge in [0, 0.05) is 23.4 Å². The van der Waals surface area contributed by atoms with Gasteiger partial charge >= 0.3 is 6.03 Å². The number of amides is 2. The van der Waals surface area contributed by atoms with Crippen molar-refractivity contribution in [1.82, 2.24) is 9.97 Å². The fourth-order valence-corrected chi connectivity index (χ4v) is 3.09. The molecule has 2 amide bonds. The van der Waals surface area contributed by atoms with E-state index in [1.165, 1.54) is 16.7 Å². The van der Waals surface area contributed by atoms with Crippen molar-refractivity contribution in [1.29, 1.82) is 0 Å². The molecule has 0 aliphatic rings. The maximum Gasteiger partial charge on any atom is 0.326 e. The van der Waals surface area contributed by atoms with E-state index in [1.807, 2.05) is 36.6 Å². The second kappa shape index (κ2) is 8.33. The third-order valence-corrected chi connectivity index (χ3v) is 4.87. The molecule has 1 heterocycles. The van der Waals surface area contributed by atoms with E-state index in [0.29, 0.717) is 16.4 Å². The zero-order chi connectivity index (χ0) is 19.4. The molecule has 2 aromatic carbocycles. The van der Waals surface area contributed by atoms with E-state index < -0.39 is 0 Å². The number of fused-ring (bicyclic) bond motifs is 1. The summed E-state index contributed by atoms with van der Waals surface area (Å²) < 4.78 is 0. The number of carbonyl (C=O) groups excluding carboxylic acids is 1. The van der Waals surface area contributed by atoms with E-state index in [4.69, 9.17) is 11.6 Å². The van der Waals surface area contributed by atoms with Gasteiger partial charge in [-0.3, -0.25) is 4.90 Å². The van der Waals surface area contributed by atoms with Crippen molar-refractivity contribution in [2.24, 2.45) is 0 Å². The molecule has 27 heavy (non-hydrogen) atoms. The maximum absolute atomic E-state index is 12.5. The third-order valence-electron chi connectivity index (χ3n) is 3.95. The zero-order valence-corrected chi connectivity index (χ0v) is 16.6. The van der Waals surface area contributed by atoms with Crippen LogP contribution in [-0.4, -0.2) is 23.0 Å². The lowest BCUT2D eigenvalue weighted by Gasteiger charge is -2.18. The molecule has 0 aliphatic carbocycles. The number of hydrogen-bond donors (Lipinski definition) is 2. The predicted molar refractivity (Wildman–Crippen MR) is 116 cm³/mol. The minimum atomic E-state index is -0.255. The molecular formula is C20H19ClN4OS. The number of benzene rings is 2. The first-order valence-electron chi connectivity index (χ1n) is 8.21. The quantitative estimate of drug-likeness (QED) is 0.544. The van der Waals surface area contributed by atoms with Crippen molar-refractivity contribution in [3.05, 3.63) is 70.7 Å². The summed E-state index contributed by atoms with van der Waals surface area (Å²) in [6.07, 6.45) is 0. The number of aromatic nitrogens is 2. The number of hydrogen-bond acceptors (Lipinski definition) is 3. The van der Waals surface area contributed by atoms with E-state index >= 15 is 0 Å². The van der Waals surface area contributed by atoms with Gasteiger partial charge in [0.25, 0.3) is 0 Å². The second-order valence-electron chi connectivity index (χ2n) is 5.89. The summed E-state index contributed by atoms with van der Waals surface area (Å²) in [7, 11) is 1.69. The van der Waals surface area contributed by atoms with E-state index in [-0.39, 0.29) is 6.03 Å². The Balaban J connectivity index is 1.79. The van der Waals surface area contributed by atoms with Gasteiger partial charge < -0.3 is 10.3 Å². The van der Waals surface area contributed by atoms with E-state index in [2.05, 4.69) is 21.9 Å². The van der Waals surface area contributed by atoms with E-state index in [0.717, 1.165) is 22.4 Å². The van der Waals surface area contributed by atoms with Gasteiger partial charge in [-0.25, -0.2) is 9.78 Å². The van der Waals surface area contributed by atoms with Crippen LogP contribution in [0.25, 0.3) is 16.6 Å². The molecule has 0 bridgehead atoms. The number of anilines is 2. The molecule has 3 rings (SSSR count). The molecule has 0 unspecified atom stereocenters. The number of allylic oxidation sites excluding steroid dienone is 1. The molecule has 5 nitrogen and oxygen atoms in total. The summed E-state index contributed by atoms with van der Waals surface area (Å²) in [4.78, 5) is 21.9. The number of urea groups is 1. The van der Waals surface area contributed by atoms with Gasteiger partial charge in [-0.15, -0.1) is 11.8 Å². The Labute approximate surface area is 167 Å².